The number of carbonyl (C=O) groups is 1. The molecule has 0 bridgehead atoms. The Morgan fingerprint density at radius 3 is 2.82 bits per heavy atom. The van der Waals surface area contributed by atoms with Crippen molar-refractivity contribution in [1.29, 1.82) is 0 Å². The number of allylic oxidation sites excluding steroid dienone is 1. The lowest BCUT2D eigenvalue weighted by atomic mass is 10.2. The van der Waals surface area contributed by atoms with Crippen molar-refractivity contribution in [3.05, 3.63) is 28.2 Å². The van der Waals surface area contributed by atoms with Crippen molar-refractivity contribution in [1.82, 2.24) is 9.88 Å². The van der Waals surface area contributed by atoms with Crippen molar-refractivity contribution in [3.63, 3.8) is 0 Å². The second kappa shape index (κ2) is 6.55. The Hall–Kier alpha value is -1.16. The molecule has 0 radical (unpaired) electrons. The summed E-state index contributed by atoms with van der Waals surface area (Å²) < 4.78 is 0. The standard InChI is InChI=1S/C13H20N2OS/c1-5-7-8-15(10(3)6-2)13(16)12-9-17-11(4)14-12/h5,7,9-10H,6,8H2,1-4H3/b7-5+. The van der Waals surface area contributed by atoms with Gasteiger partial charge in [0.05, 0.1) is 5.01 Å². The molecule has 1 unspecified atom stereocenters. The molecule has 0 aliphatic rings. The number of aryl methyl sites for hydroxylation is 1. The van der Waals surface area contributed by atoms with Gasteiger partial charge in [-0.05, 0) is 27.2 Å². The first kappa shape index (κ1) is 13.9. The number of hydrogen-bond acceptors (Lipinski definition) is 3. The first-order chi connectivity index (χ1) is 8.10. The largest absolute Gasteiger partial charge is 0.331 e. The van der Waals surface area contributed by atoms with E-state index in [4.69, 9.17) is 0 Å². The van der Waals surface area contributed by atoms with E-state index in [1.807, 2.05) is 36.3 Å². The monoisotopic (exact) mass is 252 g/mol. The fourth-order valence-electron chi connectivity index (χ4n) is 1.51. The molecule has 1 heterocycles. The summed E-state index contributed by atoms with van der Waals surface area (Å²) in [4.78, 5) is 18.4. The molecule has 17 heavy (non-hydrogen) atoms. The molecule has 94 valence electrons. The zero-order valence-electron chi connectivity index (χ0n) is 10.9. The number of hydrogen-bond donors (Lipinski definition) is 0. The Morgan fingerprint density at radius 2 is 2.35 bits per heavy atom. The highest BCUT2D eigenvalue weighted by Crippen LogP contribution is 2.13. The predicted molar refractivity (Wildman–Crippen MR) is 72.5 cm³/mol. The molecule has 0 fully saturated rings. The van der Waals surface area contributed by atoms with Crippen molar-refractivity contribution in [2.24, 2.45) is 0 Å². The third kappa shape index (κ3) is 3.66. The van der Waals surface area contributed by atoms with E-state index in [0.29, 0.717) is 12.2 Å². The first-order valence-corrected chi connectivity index (χ1v) is 6.82. The minimum absolute atomic E-state index is 0.0294. The maximum absolute atomic E-state index is 12.3. The molecule has 1 atom stereocenters. The smallest absolute Gasteiger partial charge is 0.273 e. The lowest BCUT2D eigenvalue weighted by Gasteiger charge is -2.26. The summed E-state index contributed by atoms with van der Waals surface area (Å²) in [6.07, 6.45) is 4.92. The van der Waals surface area contributed by atoms with Crippen LogP contribution < -0.4 is 0 Å². The molecule has 1 aromatic heterocycles. The van der Waals surface area contributed by atoms with Crippen molar-refractivity contribution in [2.45, 2.75) is 40.2 Å². The molecule has 0 saturated heterocycles. The summed E-state index contributed by atoms with van der Waals surface area (Å²) in [5.41, 5.74) is 0.567. The molecule has 1 rings (SSSR count). The Labute approximate surface area is 107 Å². The quantitative estimate of drug-likeness (QED) is 0.754. The van der Waals surface area contributed by atoms with E-state index < -0.39 is 0 Å². The third-order valence-corrected chi connectivity index (χ3v) is 3.53. The molecule has 4 heteroatoms. The third-order valence-electron chi connectivity index (χ3n) is 2.76. The second-order valence-corrected chi connectivity index (χ2v) is 5.10. The molecule has 0 N–H and O–H groups in total. The number of aromatic nitrogens is 1. The van der Waals surface area contributed by atoms with Crippen LogP contribution in [-0.4, -0.2) is 28.4 Å². The van der Waals surface area contributed by atoms with Crippen LogP contribution in [-0.2, 0) is 0 Å². The van der Waals surface area contributed by atoms with Gasteiger partial charge in [-0.1, -0.05) is 19.1 Å². The van der Waals surface area contributed by atoms with Crippen LogP contribution in [0.5, 0.6) is 0 Å². The number of carbonyl (C=O) groups excluding carboxylic acids is 1. The highest BCUT2D eigenvalue weighted by molar-refractivity contribution is 7.09. The highest BCUT2D eigenvalue weighted by atomic mass is 32.1. The summed E-state index contributed by atoms with van der Waals surface area (Å²) in [7, 11) is 0. The van der Waals surface area contributed by atoms with Crippen LogP contribution in [0.25, 0.3) is 0 Å². The van der Waals surface area contributed by atoms with E-state index in [1.165, 1.54) is 11.3 Å². The zero-order chi connectivity index (χ0) is 12.8. The van der Waals surface area contributed by atoms with Crippen LogP contribution in [0.1, 0.15) is 42.7 Å². The Balaban J connectivity index is 2.85. The van der Waals surface area contributed by atoms with Gasteiger partial charge in [-0.2, -0.15) is 0 Å². The molecule has 0 aromatic carbocycles. The zero-order valence-corrected chi connectivity index (χ0v) is 11.8. The SMILES string of the molecule is C/C=C/CN(C(=O)c1csc(C)n1)C(C)CC. The molecular weight excluding hydrogens is 232 g/mol. The van der Waals surface area contributed by atoms with Gasteiger partial charge in [-0.3, -0.25) is 4.79 Å². The fraction of sp³-hybridized carbons (Fsp3) is 0.538. The van der Waals surface area contributed by atoms with Gasteiger partial charge in [0.1, 0.15) is 5.69 Å². The van der Waals surface area contributed by atoms with Crippen LogP contribution in [0, 0.1) is 6.92 Å². The Kier molecular flexibility index (Phi) is 5.35. The molecule has 1 amide bonds. The van der Waals surface area contributed by atoms with Crippen LogP contribution in [0.15, 0.2) is 17.5 Å². The molecule has 0 aliphatic heterocycles. The van der Waals surface area contributed by atoms with E-state index in [1.54, 1.807) is 0 Å². The van der Waals surface area contributed by atoms with E-state index in [0.717, 1.165) is 11.4 Å². The first-order valence-electron chi connectivity index (χ1n) is 5.94. The summed E-state index contributed by atoms with van der Waals surface area (Å²) in [5.74, 6) is 0.0294. The van der Waals surface area contributed by atoms with Crippen molar-refractivity contribution in [2.75, 3.05) is 6.54 Å². The summed E-state index contributed by atoms with van der Waals surface area (Å²) >= 11 is 1.52. The Morgan fingerprint density at radius 1 is 1.65 bits per heavy atom. The number of nitrogens with zero attached hydrogens (tertiary/aromatic N) is 2. The van der Waals surface area contributed by atoms with Crippen molar-refractivity contribution >= 4 is 17.2 Å². The molecule has 0 saturated carbocycles. The van der Waals surface area contributed by atoms with E-state index >= 15 is 0 Å². The molecule has 0 spiro atoms. The molecule has 0 aliphatic carbocycles. The van der Waals surface area contributed by atoms with E-state index in [-0.39, 0.29) is 11.9 Å². The summed E-state index contributed by atoms with van der Waals surface area (Å²) in [6, 6.07) is 0.237. The maximum Gasteiger partial charge on any atom is 0.273 e. The average Bonchev–Trinajstić information content (AvgIpc) is 2.75. The number of amides is 1. The van der Waals surface area contributed by atoms with Gasteiger partial charge < -0.3 is 4.90 Å². The van der Waals surface area contributed by atoms with Crippen LogP contribution in [0.3, 0.4) is 0 Å². The predicted octanol–water partition coefficient (Wildman–Crippen LogP) is 3.27. The lowest BCUT2D eigenvalue weighted by Crippen LogP contribution is -2.38. The van der Waals surface area contributed by atoms with E-state index in [9.17, 15) is 4.79 Å². The van der Waals surface area contributed by atoms with Gasteiger partial charge >= 0.3 is 0 Å². The second-order valence-electron chi connectivity index (χ2n) is 4.04. The average molecular weight is 252 g/mol. The Bertz CT molecular complexity index is 398. The normalized spacial score (nSPS) is 12.9. The minimum Gasteiger partial charge on any atom is -0.331 e. The maximum atomic E-state index is 12.3. The minimum atomic E-state index is 0.0294. The van der Waals surface area contributed by atoms with Gasteiger partial charge in [-0.25, -0.2) is 4.98 Å². The number of rotatable bonds is 5. The highest BCUT2D eigenvalue weighted by Gasteiger charge is 2.21. The number of thiazole rings is 1. The fourth-order valence-corrected chi connectivity index (χ4v) is 2.10. The molecule has 1 aromatic rings. The van der Waals surface area contributed by atoms with Gasteiger partial charge in [0.15, 0.2) is 0 Å². The summed E-state index contributed by atoms with van der Waals surface area (Å²) in [6.45, 7) is 8.70. The van der Waals surface area contributed by atoms with Gasteiger partial charge in [0.25, 0.3) is 5.91 Å². The van der Waals surface area contributed by atoms with Crippen LogP contribution >= 0.6 is 11.3 Å². The summed E-state index contributed by atoms with van der Waals surface area (Å²) in [5, 5.41) is 2.77. The van der Waals surface area contributed by atoms with Crippen LogP contribution in [0.2, 0.25) is 0 Å². The van der Waals surface area contributed by atoms with Crippen LogP contribution in [0.4, 0.5) is 0 Å². The van der Waals surface area contributed by atoms with Gasteiger partial charge in [0.2, 0.25) is 0 Å². The lowest BCUT2D eigenvalue weighted by molar-refractivity contribution is 0.0707. The van der Waals surface area contributed by atoms with E-state index in [2.05, 4.69) is 18.8 Å². The molecule has 3 nitrogen and oxygen atoms in total. The van der Waals surface area contributed by atoms with Gasteiger partial charge in [0, 0.05) is 18.0 Å². The topological polar surface area (TPSA) is 33.2 Å². The van der Waals surface area contributed by atoms with Gasteiger partial charge in [-0.15, -0.1) is 11.3 Å². The molecular formula is C13H20N2OS. The van der Waals surface area contributed by atoms with Crippen molar-refractivity contribution < 1.29 is 4.79 Å². The van der Waals surface area contributed by atoms with Crippen molar-refractivity contribution in [3.8, 4) is 0 Å².